The highest BCUT2D eigenvalue weighted by Gasteiger charge is 2.32. The summed E-state index contributed by atoms with van der Waals surface area (Å²) in [6.45, 7) is 10.4. The van der Waals surface area contributed by atoms with Crippen molar-refractivity contribution >= 4 is 5.84 Å². The summed E-state index contributed by atoms with van der Waals surface area (Å²) in [7, 11) is 2.09. The van der Waals surface area contributed by atoms with Crippen molar-refractivity contribution in [2.75, 3.05) is 7.05 Å². The Balaban J connectivity index is 1.73. The predicted octanol–water partition coefficient (Wildman–Crippen LogP) is 4.01. The highest BCUT2D eigenvalue weighted by Crippen LogP contribution is 2.43. The Hall–Kier alpha value is -1.77. The summed E-state index contributed by atoms with van der Waals surface area (Å²) < 4.78 is 0. The Kier molecular flexibility index (Phi) is 4.94. The van der Waals surface area contributed by atoms with E-state index in [2.05, 4.69) is 56.4 Å². The van der Waals surface area contributed by atoms with E-state index in [1.165, 1.54) is 25.5 Å². The molecule has 2 rings (SSSR count). The molecule has 2 aliphatic rings. The van der Waals surface area contributed by atoms with Crippen molar-refractivity contribution < 1.29 is 0 Å². The minimum absolute atomic E-state index is 0.442. The third-order valence-electron chi connectivity index (χ3n) is 4.61. The average molecular weight is 299 g/mol. The molecule has 0 saturated carbocycles. The lowest BCUT2D eigenvalue weighted by atomic mass is 9.73. The van der Waals surface area contributed by atoms with Crippen LogP contribution in [-0.2, 0) is 0 Å². The van der Waals surface area contributed by atoms with Gasteiger partial charge >= 0.3 is 0 Å². The molecule has 2 N–H and O–H groups in total. The first-order chi connectivity index (χ1) is 10.3. The lowest BCUT2D eigenvalue weighted by Crippen LogP contribution is -2.27. The number of allylic oxidation sites excluding steroid dienone is 2. The Morgan fingerprint density at radius 1 is 1.55 bits per heavy atom. The number of rotatable bonds is 8. The van der Waals surface area contributed by atoms with Gasteiger partial charge in [0.05, 0.1) is 0 Å². The van der Waals surface area contributed by atoms with E-state index < -0.39 is 0 Å². The minimum Gasteiger partial charge on any atom is -0.384 e. The SMILES string of the molecule is C=CN=C(N)/C=C\N(C)C(C)C1C=C1CCC1=CC(C)(C)C1. The fourth-order valence-electron chi connectivity index (χ4n) is 3.19. The fraction of sp³-hybridized carbons (Fsp3) is 0.526. The highest BCUT2D eigenvalue weighted by atomic mass is 15.1. The number of hydrogen-bond acceptors (Lipinski definition) is 2. The van der Waals surface area contributed by atoms with Crippen molar-refractivity contribution in [3.63, 3.8) is 0 Å². The van der Waals surface area contributed by atoms with Crippen LogP contribution in [0.2, 0.25) is 0 Å². The summed E-state index contributed by atoms with van der Waals surface area (Å²) in [5.41, 5.74) is 9.40. The van der Waals surface area contributed by atoms with Crippen molar-refractivity contribution in [3.8, 4) is 0 Å². The zero-order valence-electron chi connectivity index (χ0n) is 14.3. The van der Waals surface area contributed by atoms with Crippen LogP contribution in [0.15, 0.2) is 53.3 Å². The van der Waals surface area contributed by atoms with Crippen molar-refractivity contribution in [2.24, 2.45) is 22.1 Å². The molecule has 0 aromatic heterocycles. The molecule has 0 aromatic carbocycles. The van der Waals surface area contributed by atoms with Crippen molar-refractivity contribution in [2.45, 2.75) is 46.1 Å². The Labute approximate surface area is 135 Å². The molecule has 0 heterocycles. The first-order valence-electron chi connectivity index (χ1n) is 8.08. The molecule has 0 radical (unpaired) electrons. The number of nitrogens with two attached hydrogens (primary N) is 1. The number of amidine groups is 1. The van der Waals surface area contributed by atoms with Gasteiger partial charge in [-0.25, -0.2) is 4.99 Å². The van der Waals surface area contributed by atoms with Crippen LogP contribution in [0.4, 0.5) is 0 Å². The van der Waals surface area contributed by atoms with Crippen LogP contribution in [0, 0.1) is 11.3 Å². The summed E-state index contributed by atoms with van der Waals surface area (Å²) in [4.78, 5) is 6.13. The molecule has 0 spiro atoms. The van der Waals surface area contributed by atoms with Crippen molar-refractivity contribution in [1.82, 2.24) is 4.90 Å². The van der Waals surface area contributed by atoms with E-state index in [0.717, 1.165) is 0 Å². The molecular weight excluding hydrogens is 270 g/mol. The van der Waals surface area contributed by atoms with E-state index in [0.29, 0.717) is 23.2 Å². The molecule has 0 saturated heterocycles. The summed E-state index contributed by atoms with van der Waals surface area (Å²) >= 11 is 0. The van der Waals surface area contributed by atoms with Crippen LogP contribution in [0.25, 0.3) is 0 Å². The van der Waals surface area contributed by atoms with Crippen LogP contribution in [-0.4, -0.2) is 23.8 Å². The van der Waals surface area contributed by atoms with E-state index >= 15 is 0 Å². The van der Waals surface area contributed by atoms with Crippen LogP contribution in [0.1, 0.15) is 40.0 Å². The van der Waals surface area contributed by atoms with Crippen LogP contribution < -0.4 is 5.73 Å². The van der Waals surface area contributed by atoms with Gasteiger partial charge in [-0.1, -0.05) is 43.7 Å². The fourth-order valence-corrected chi connectivity index (χ4v) is 3.19. The second-order valence-electron chi connectivity index (χ2n) is 7.19. The number of hydrogen-bond donors (Lipinski definition) is 1. The van der Waals surface area contributed by atoms with Gasteiger partial charge in [0.15, 0.2) is 0 Å². The normalized spacial score (nSPS) is 24.4. The van der Waals surface area contributed by atoms with Gasteiger partial charge in [0.2, 0.25) is 0 Å². The van der Waals surface area contributed by atoms with E-state index in [4.69, 9.17) is 5.73 Å². The predicted molar refractivity (Wildman–Crippen MR) is 95.5 cm³/mol. The van der Waals surface area contributed by atoms with Gasteiger partial charge < -0.3 is 10.6 Å². The monoisotopic (exact) mass is 299 g/mol. The summed E-state index contributed by atoms with van der Waals surface area (Å²) in [6, 6.07) is 0.467. The first kappa shape index (κ1) is 16.6. The molecule has 3 nitrogen and oxygen atoms in total. The van der Waals surface area contributed by atoms with Gasteiger partial charge in [-0.05, 0) is 37.7 Å². The summed E-state index contributed by atoms with van der Waals surface area (Å²) in [5.74, 6) is 1.10. The average Bonchev–Trinajstić information content (AvgIpc) is 3.19. The molecular formula is C19H29N3. The second kappa shape index (κ2) is 6.55. The molecule has 120 valence electrons. The highest BCUT2D eigenvalue weighted by molar-refractivity contribution is 5.91. The molecule has 0 bridgehead atoms. The topological polar surface area (TPSA) is 41.6 Å². The maximum absolute atomic E-state index is 5.72. The summed E-state index contributed by atoms with van der Waals surface area (Å²) in [6.07, 6.45) is 13.8. The zero-order chi connectivity index (χ0) is 16.3. The standard InChI is InChI=1S/C19H29N3/c1-6-21-18(20)9-10-22(5)14(2)17-11-16(17)8-7-15-12-19(3,4)13-15/h6,9-12,14,17H,1,7-8,13H2,2-5H3,(H2,20,21)/b10-9-. The summed E-state index contributed by atoms with van der Waals surface area (Å²) in [5, 5.41) is 0. The maximum atomic E-state index is 5.72. The molecule has 0 amide bonds. The van der Waals surface area contributed by atoms with Crippen molar-refractivity contribution in [3.05, 3.63) is 48.4 Å². The molecule has 0 aliphatic heterocycles. The van der Waals surface area contributed by atoms with E-state index in [1.54, 1.807) is 11.1 Å². The number of aliphatic imine (C=N–C) groups is 1. The van der Waals surface area contributed by atoms with Gasteiger partial charge in [-0.2, -0.15) is 0 Å². The minimum atomic E-state index is 0.442. The van der Waals surface area contributed by atoms with Crippen LogP contribution in [0.5, 0.6) is 0 Å². The third kappa shape index (κ3) is 4.36. The van der Waals surface area contributed by atoms with Crippen LogP contribution >= 0.6 is 0 Å². The molecule has 2 unspecified atom stereocenters. The molecule has 22 heavy (non-hydrogen) atoms. The second-order valence-corrected chi connectivity index (χ2v) is 7.19. The molecule has 3 heteroatoms. The van der Waals surface area contributed by atoms with Gasteiger partial charge in [-0.15, -0.1) is 0 Å². The number of nitrogens with zero attached hydrogens (tertiary/aromatic N) is 2. The van der Waals surface area contributed by atoms with Crippen LogP contribution in [0.3, 0.4) is 0 Å². The lowest BCUT2D eigenvalue weighted by molar-refractivity contribution is 0.326. The molecule has 0 aromatic rings. The van der Waals surface area contributed by atoms with Gasteiger partial charge in [0.1, 0.15) is 5.84 Å². The Bertz CT molecular complexity index is 549. The van der Waals surface area contributed by atoms with Gasteiger partial charge in [0, 0.05) is 31.4 Å². The molecule has 0 fully saturated rings. The lowest BCUT2D eigenvalue weighted by Gasteiger charge is -2.33. The largest absolute Gasteiger partial charge is 0.384 e. The maximum Gasteiger partial charge on any atom is 0.124 e. The smallest absolute Gasteiger partial charge is 0.124 e. The van der Waals surface area contributed by atoms with Crippen molar-refractivity contribution in [1.29, 1.82) is 0 Å². The van der Waals surface area contributed by atoms with Gasteiger partial charge in [-0.3, -0.25) is 0 Å². The first-order valence-corrected chi connectivity index (χ1v) is 8.08. The molecule has 2 atom stereocenters. The van der Waals surface area contributed by atoms with E-state index in [1.807, 2.05) is 12.3 Å². The molecule has 2 aliphatic carbocycles. The third-order valence-corrected chi connectivity index (χ3v) is 4.61. The zero-order valence-corrected chi connectivity index (χ0v) is 14.3. The quantitative estimate of drug-likeness (QED) is 0.418. The Morgan fingerprint density at radius 3 is 2.82 bits per heavy atom. The van der Waals surface area contributed by atoms with E-state index in [-0.39, 0.29) is 0 Å². The van der Waals surface area contributed by atoms with Gasteiger partial charge in [0.25, 0.3) is 0 Å². The Morgan fingerprint density at radius 2 is 2.23 bits per heavy atom. The van der Waals surface area contributed by atoms with E-state index in [9.17, 15) is 0 Å².